The van der Waals surface area contributed by atoms with E-state index in [1.165, 1.54) is 0 Å². The smallest absolute Gasteiger partial charge is 0.726 e. The van der Waals surface area contributed by atoms with E-state index in [0.29, 0.717) is 0 Å². The molecule has 0 aromatic rings. The van der Waals surface area contributed by atoms with Crippen LogP contribution in [0.4, 0.5) is 0 Å². The first kappa shape index (κ1) is 12.6. The monoisotopic (exact) mass is 162 g/mol. The molecule has 0 aromatic heterocycles. The largest absolute Gasteiger partial charge is 1.00 e. The Morgan fingerprint density at radius 3 is 2.10 bits per heavy atom. The van der Waals surface area contributed by atoms with Crippen molar-refractivity contribution in [1.29, 1.82) is 0 Å². The van der Waals surface area contributed by atoms with Gasteiger partial charge in [0.1, 0.15) is 0 Å². The first-order valence-corrected chi connectivity index (χ1v) is 3.07. The number of carbonyl (C=O) groups is 1. The van der Waals surface area contributed by atoms with Crippen LogP contribution < -0.4 is 18.9 Å². The van der Waals surface area contributed by atoms with Gasteiger partial charge in [-0.05, 0) is 0 Å². The fourth-order valence-electron chi connectivity index (χ4n) is 0.123. The predicted octanol–water partition coefficient (Wildman–Crippen LogP) is -4.45. The van der Waals surface area contributed by atoms with Crippen molar-refractivity contribution in [3.8, 4) is 0 Å². The molecule has 0 amide bonds. The number of aliphatic carboxylic acids is 1. The number of hydrogen-bond donors (Lipinski definition) is 1. The molecule has 0 saturated heterocycles. The van der Waals surface area contributed by atoms with Gasteiger partial charge < -0.3 is 9.66 Å². The molecule has 0 aliphatic heterocycles. The number of rotatable bonds is 3. The summed E-state index contributed by atoms with van der Waals surface area (Å²) < 4.78 is 31.8. The summed E-state index contributed by atoms with van der Waals surface area (Å²) in [5.41, 5.74) is 0. The summed E-state index contributed by atoms with van der Waals surface area (Å²) in [4.78, 5) is 9.52. The van der Waals surface area contributed by atoms with Crippen molar-refractivity contribution in [2.45, 2.75) is 0 Å². The van der Waals surface area contributed by atoms with Crippen LogP contribution in [0.5, 0.6) is 0 Å². The molecule has 0 rings (SSSR count). The molecule has 54 valence electrons. The number of hydrogen-bond acceptors (Lipinski definition) is 5. The summed E-state index contributed by atoms with van der Waals surface area (Å²) in [6.45, 7) is -1.12. The molecule has 0 aliphatic carbocycles. The SMILES string of the molecule is O=C(O)COS(=O)(=O)[O-].[Li+]. The molecule has 0 radical (unpaired) electrons. The molecule has 0 saturated carbocycles. The van der Waals surface area contributed by atoms with E-state index in [2.05, 4.69) is 4.18 Å². The van der Waals surface area contributed by atoms with Crippen LogP contribution in [0, 0.1) is 0 Å². The fraction of sp³-hybridized carbons (Fsp3) is 0.500. The van der Waals surface area contributed by atoms with E-state index >= 15 is 0 Å². The van der Waals surface area contributed by atoms with Gasteiger partial charge in [-0.1, -0.05) is 0 Å². The van der Waals surface area contributed by atoms with E-state index in [1.54, 1.807) is 0 Å². The van der Waals surface area contributed by atoms with Crippen LogP contribution in [0.15, 0.2) is 0 Å². The summed E-state index contributed by atoms with van der Waals surface area (Å²) in [7, 11) is -4.85. The van der Waals surface area contributed by atoms with Gasteiger partial charge in [-0.25, -0.2) is 13.2 Å². The van der Waals surface area contributed by atoms with Crippen molar-refractivity contribution in [2.24, 2.45) is 0 Å². The second-order valence-corrected chi connectivity index (χ2v) is 2.12. The average Bonchev–Trinajstić information content (AvgIpc) is 1.59. The van der Waals surface area contributed by atoms with Gasteiger partial charge in [0.15, 0.2) is 6.61 Å². The fourth-order valence-corrected chi connectivity index (χ4v) is 0.368. The van der Waals surface area contributed by atoms with Gasteiger partial charge in [0, 0.05) is 0 Å². The molecule has 0 bridgehead atoms. The Hall–Kier alpha value is -0.0626. The Morgan fingerprint density at radius 2 is 2.00 bits per heavy atom. The number of carboxylic acid groups (broad SMARTS) is 1. The van der Waals surface area contributed by atoms with Gasteiger partial charge in [-0.15, -0.1) is 0 Å². The maximum absolute atomic E-state index is 9.52. The summed E-state index contributed by atoms with van der Waals surface area (Å²) in [6.07, 6.45) is 0. The Kier molecular flexibility index (Phi) is 5.93. The molecule has 8 heteroatoms. The summed E-state index contributed by atoms with van der Waals surface area (Å²) in [5, 5.41) is 7.75. The molecular weight excluding hydrogens is 159 g/mol. The first-order chi connectivity index (χ1) is 3.92. The Morgan fingerprint density at radius 1 is 1.60 bits per heavy atom. The van der Waals surface area contributed by atoms with E-state index in [0.717, 1.165) is 0 Å². The Labute approximate surface area is 69.3 Å². The third-order valence-electron chi connectivity index (χ3n) is 0.327. The predicted molar refractivity (Wildman–Crippen MR) is 23.3 cm³/mol. The molecule has 1 N–H and O–H groups in total. The first-order valence-electron chi connectivity index (χ1n) is 1.74. The topological polar surface area (TPSA) is 104 Å². The quantitative estimate of drug-likeness (QED) is 0.255. The third-order valence-corrected chi connectivity index (χ3v) is 0.733. The van der Waals surface area contributed by atoms with E-state index in [4.69, 9.17) is 5.11 Å². The molecule has 0 aliphatic rings. The minimum atomic E-state index is -4.85. The van der Waals surface area contributed by atoms with Gasteiger partial charge in [0.05, 0.1) is 0 Å². The Bertz CT molecular complexity index is 194. The van der Waals surface area contributed by atoms with Gasteiger partial charge in [-0.2, -0.15) is 0 Å². The van der Waals surface area contributed by atoms with Crippen molar-refractivity contribution in [2.75, 3.05) is 6.61 Å². The molecule has 0 unspecified atom stereocenters. The maximum atomic E-state index is 9.52. The van der Waals surface area contributed by atoms with Gasteiger partial charge in [0.25, 0.3) is 0 Å². The second-order valence-electron chi connectivity index (χ2n) is 1.06. The number of carboxylic acids is 1. The van der Waals surface area contributed by atoms with E-state index in [1.807, 2.05) is 0 Å². The van der Waals surface area contributed by atoms with Crippen LogP contribution in [0.3, 0.4) is 0 Å². The zero-order valence-electron chi connectivity index (χ0n) is 5.10. The van der Waals surface area contributed by atoms with Crippen molar-refractivity contribution >= 4 is 16.4 Å². The van der Waals surface area contributed by atoms with E-state index in [9.17, 15) is 17.8 Å². The van der Waals surface area contributed by atoms with Crippen LogP contribution in [-0.4, -0.2) is 30.7 Å². The zero-order valence-corrected chi connectivity index (χ0v) is 5.92. The molecule has 6 nitrogen and oxygen atoms in total. The minimum Gasteiger partial charge on any atom is -0.726 e. The molecule has 0 heterocycles. The summed E-state index contributed by atoms with van der Waals surface area (Å²) >= 11 is 0. The van der Waals surface area contributed by atoms with Crippen molar-refractivity contribution < 1.29 is 45.9 Å². The van der Waals surface area contributed by atoms with E-state index in [-0.39, 0.29) is 18.9 Å². The van der Waals surface area contributed by atoms with Crippen LogP contribution in [-0.2, 0) is 19.4 Å². The summed E-state index contributed by atoms with van der Waals surface area (Å²) in [6, 6.07) is 0. The standard InChI is InChI=1S/C2H4O6S.Li/c3-2(4)1-8-9(5,6)7;/h1H2,(H,3,4)(H,5,6,7);/q;+1/p-1. The van der Waals surface area contributed by atoms with Crippen LogP contribution in [0.1, 0.15) is 0 Å². The van der Waals surface area contributed by atoms with Crippen LogP contribution >= 0.6 is 0 Å². The van der Waals surface area contributed by atoms with Gasteiger partial charge in [-0.3, -0.25) is 4.18 Å². The second kappa shape index (κ2) is 4.71. The van der Waals surface area contributed by atoms with Crippen LogP contribution in [0.25, 0.3) is 0 Å². The minimum absolute atomic E-state index is 0. The molecular formula is C2H3LiO6S. The summed E-state index contributed by atoms with van der Waals surface area (Å²) in [5.74, 6) is -1.51. The zero-order chi connectivity index (χ0) is 7.49. The van der Waals surface area contributed by atoms with Gasteiger partial charge >= 0.3 is 24.8 Å². The van der Waals surface area contributed by atoms with Gasteiger partial charge in [0.2, 0.25) is 10.4 Å². The van der Waals surface area contributed by atoms with Crippen molar-refractivity contribution in [3.05, 3.63) is 0 Å². The maximum Gasteiger partial charge on any atom is 1.00 e. The van der Waals surface area contributed by atoms with E-state index < -0.39 is 23.0 Å². The third kappa shape index (κ3) is 10.8. The van der Waals surface area contributed by atoms with Crippen molar-refractivity contribution in [1.82, 2.24) is 0 Å². The molecule has 0 spiro atoms. The van der Waals surface area contributed by atoms with Crippen molar-refractivity contribution in [3.63, 3.8) is 0 Å². The average molecular weight is 162 g/mol. The van der Waals surface area contributed by atoms with Crippen LogP contribution in [0.2, 0.25) is 0 Å². The molecule has 0 fully saturated rings. The Balaban J connectivity index is 0. The molecule has 0 aromatic carbocycles. The molecule has 0 atom stereocenters. The molecule has 10 heavy (non-hydrogen) atoms. The normalized spacial score (nSPS) is 10.1.